The van der Waals surface area contributed by atoms with Gasteiger partial charge in [-0.25, -0.2) is 9.18 Å². The molecule has 0 atom stereocenters. The number of carbonyl (C=O) groups is 3. The number of Topliss-reactive ketones (excluding diaryl/α,β-unsaturated/α-hetero) is 1. The Morgan fingerprint density at radius 3 is 2.41 bits per heavy atom. The first-order chi connectivity index (χ1) is 15.2. The molecule has 7 nitrogen and oxygen atoms in total. The number of piperidine rings is 1. The zero-order valence-electron chi connectivity index (χ0n) is 17.7. The van der Waals surface area contributed by atoms with E-state index >= 15 is 0 Å². The standard InChI is InChI=1S/C23H25ClFN3O4/c1-2-23(21(30)15-3-6-17(25)7-4-15)9-11-28(12-10-23)20(29)14-32-19-8-5-16(24)13-18(19)27-22(26)31/h3-8,13H,2,9-12,14H2,1H3,(H3,26,27,31). The Bertz CT molecular complexity index is 1000. The van der Waals surface area contributed by atoms with E-state index in [0.29, 0.717) is 42.9 Å². The normalized spacial score (nSPS) is 15.2. The smallest absolute Gasteiger partial charge is 0.316 e. The van der Waals surface area contributed by atoms with E-state index in [0.717, 1.165) is 0 Å². The maximum Gasteiger partial charge on any atom is 0.316 e. The van der Waals surface area contributed by atoms with Gasteiger partial charge in [0.1, 0.15) is 11.6 Å². The quantitative estimate of drug-likeness (QED) is 0.602. The third-order valence-corrected chi connectivity index (χ3v) is 6.12. The Kier molecular flexibility index (Phi) is 7.35. The number of halogens is 2. The molecule has 2 aromatic carbocycles. The van der Waals surface area contributed by atoms with Crippen LogP contribution in [0.2, 0.25) is 5.02 Å². The van der Waals surface area contributed by atoms with E-state index in [1.165, 1.54) is 30.3 Å². The largest absolute Gasteiger partial charge is 0.482 e. The minimum Gasteiger partial charge on any atom is -0.482 e. The maximum absolute atomic E-state index is 13.2. The molecule has 0 saturated carbocycles. The van der Waals surface area contributed by atoms with Crippen LogP contribution < -0.4 is 15.8 Å². The number of carbonyl (C=O) groups excluding carboxylic acids is 3. The van der Waals surface area contributed by atoms with Gasteiger partial charge in [0.25, 0.3) is 5.91 Å². The number of hydrogen-bond donors (Lipinski definition) is 2. The summed E-state index contributed by atoms with van der Waals surface area (Å²) < 4.78 is 18.8. The number of rotatable bonds is 7. The fourth-order valence-corrected chi connectivity index (χ4v) is 4.09. The number of hydrogen-bond acceptors (Lipinski definition) is 4. The van der Waals surface area contributed by atoms with Crippen LogP contribution in [-0.4, -0.2) is 42.3 Å². The fourth-order valence-electron chi connectivity index (χ4n) is 3.92. The summed E-state index contributed by atoms with van der Waals surface area (Å²) in [5, 5.41) is 2.79. The van der Waals surface area contributed by atoms with Crippen LogP contribution in [0, 0.1) is 11.2 Å². The molecular weight excluding hydrogens is 437 g/mol. The van der Waals surface area contributed by atoms with Crippen molar-refractivity contribution in [1.82, 2.24) is 4.90 Å². The molecule has 9 heteroatoms. The van der Waals surface area contributed by atoms with Crippen LogP contribution >= 0.6 is 11.6 Å². The third-order valence-electron chi connectivity index (χ3n) is 5.89. The molecule has 3 rings (SSSR count). The number of likely N-dealkylation sites (tertiary alicyclic amines) is 1. The van der Waals surface area contributed by atoms with Crippen molar-refractivity contribution >= 4 is 35.0 Å². The first kappa shape index (κ1) is 23.5. The molecule has 0 aliphatic carbocycles. The molecule has 32 heavy (non-hydrogen) atoms. The van der Waals surface area contributed by atoms with E-state index in [2.05, 4.69) is 5.32 Å². The van der Waals surface area contributed by atoms with E-state index in [-0.39, 0.29) is 35.6 Å². The van der Waals surface area contributed by atoms with E-state index in [4.69, 9.17) is 22.1 Å². The molecule has 0 unspecified atom stereocenters. The molecule has 2 aromatic rings. The number of nitrogens with two attached hydrogens (primary N) is 1. The Hall–Kier alpha value is -3.13. The summed E-state index contributed by atoms with van der Waals surface area (Å²) in [6.45, 7) is 2.54. The second kappa shape index (κ2) is 9.99. The highest BCUT2D eigenvalue weighted by atomic mass is 35.5. The first-order valence-electron chi connectivity index (χ1n) is 10.3. The van der Waals surface area contributed by atoms with Gasteiger partial charge in [-0.1, -0.05) is 18.5 Å². The van der Waals surface area contributed by atoms with Gasteiger partial charge in [0, 0.05) is 29.1 Å². The van der Waals surface area contributed by atoms with Crippen LogP contribution in [0.5, 0.6) is 5.75 Å². The van der Waals surface area contributed by atoms with Gasteiger partial charge >= 0.3 is 6.03 Å². The lowest BCUT2D eigenvalue weighted by atomic mass is 9.71. The third kappa shape index (κ3) is 5.37. The van der Waals surface area contributed by atoms with Crippen LogP contribution in [0.1, 0.15) is 36.5 Å². The Morgan fingerprint density at radius 2 is 1.81 bits per heavy atom. The van der Waals surface area contributed by atoms with Crippen molar-refractivity contribution in [2.45, 2.75) is 26.2 Å². The number of primary amides is 1. The van der Waals surface area contributed by atoms with E-state index in [9.17, 15) is 18.8 Å². The molecule has 1 saturated heterocycles. The highest BCUT2D eigenvalue weighted by Crippen LogP contribution is 2.38. The molecule has 1 fully saturated rings. The van der Waals surface area contributed by atoms with Crippen molar-refractivity contribution in [3.05, 3.63) is 58.9 Å². The summed E-state index contributed by atoms with van der Waals surface area (Å²) in [4.78, 5) is 38.6. The van der Waals surface area contributed by atoms with Gasteiger partial charge in [-0.2, -0.15) is 0 Å². The molecule has 1 heterocycles. The minimum absolute atomic E-state index is 0.0216. The first-order valence-corrected chi connectivity index (χ1v) is 10.7. The zero-order chi connectivity index (χ0) is 23.3. The van der Waals surface area contributed by atoms with Crippen LogP contribution in [-0.2, 0) is 4.79 Å². The monoisotopic (exact) mass is 461 g/mol. The van der Waals surface area contributed by atoms with Crippen molar-refractivity contribution in [1.29, 1.82) is 0 Å². The molecule has 170 valence electrons. The molecule has 1 aliphatic rings. The molecule has 0 aromatic heterocycles. The average molecular weight is 462 g/mol. The number of ketones is 1. The number of urea groups is 1. The van der Waals surface area contributed by atoms with Crippen LogP contribution in [0.3, 0.4) is 0 Å². The Morgan fingerprint density at radius 1 is 1.16 bits per heavy atom. The summed E-state index contributed by atoms with van der Waals surface area (Å²) in [5.41, 5.74) is 5.33. The predicted molar refractivity (Wildman–Crippen MR) is 119 cm³/mol. The molecule has 1 aliphatic heterocycles. The highest BCUT2D eigenvalue weighted by molar-refractivity contribution is 6.31. The second-order valence-electron chi connectivity index (χ2n) is 7.77. The Balaban J connectivity index is 1.61. The summed E-state index contributed by atoms with van der Waals surface area (Å²) in [6, 6.07) is 9.39. The number of nitrogens with one attached hydrogen (secondary N) is 1. The molecular formula is C23H25ClFN3O4. The molecule has 0 bridgehead atoms. The van der Waals surface area contributed by atoms with Gasteiger partial charge in [-0.15, -0.1) is 0 Å². The summed E-state index contributed by atoms with van der Waals surface area (Å²) in [5.74, 6) is -0.370. The van der Waals surface area contributed by atoms with E-state index in [1.54, 1.807) is 17.0 Å². The Labute approximate surface area is 190 Å². The van der Waals surface area contributed by atoms with Crippen LogP contribution in [0.15, 0.2) is 42.5 Å². The maximum atomic E-state index is 13.2. The zero-order valence-corrected chi connectivity index (χ0v) is 18.5. The van der Waals surface area contributed by atoms with Crippen molar-refractivity contribution in [3.63, 3.8) is 0 Å². The van der Waals surface area contributed by atoms with Gasteiger partial charge in [0.15, 0.2) is 12.4 Å². The molecule has 0 spiro atoms. The highest BCUT2D eigenvalue weighted by Gasteiger charge is 2.41. The molecule has 3 N–H and O–H groups in total. The van der Waals surface area contributed by atoms with Gasteiger partial charge in [-0.05, 0) is 61.7 Å². The SMILES string of the molecule is CCC1(C(=O)c2ccc(F)cc2)CCN(C(=O)COc2ccc(Cl)cc2NC(N)=O)CC1. The molecule has 3 amide bonds. The van der Waals surface area contributed by atoms with Crippen LogP contribution in [0.4, 0.5) is 14.9 Å². The van der Waals surface area contributed by atoms with Gasteiger partial charge in [-0.3, -0.25) is 9.59 Å². The van der Waals surface area contributed by atoms with Crippen molar-refractivity contribution in [2.75, 3.05) is 25.0 Å². The van der Waals surface area contributed by atoms with Crippen molar-refractivity contribution < 1.29 is 23.5 Å². The lowest BCUT2D eigenvalue weighted by molar-refractivity contribution is -0.135. The van der Waals surface area contributed by atoms with Gasteiger partial charge < -0.3 is 20.7 Å². The number of ether oxygens (including phenoxy) is 1. The summed E-state index contributed by atoms with van der Waals surface area (Å²) in [6.07, 6.45) is 1.66. The van der Waals surface area contributed by atoms with Crippen LogP contribution in [0.25, 0.3) is 0 Å². The average Bonchev–Trinajstić information content (AvgIpc) is 2.78. The van der Waals surface area contributed by atoms with Crippen molar-refractivity contribution in [3.8, 4) is 5.75 Å². The summed E-state index contributed by atoms with van der Waals surface area (Å²) >= 11 is 5.93. The summed E-state index contributed by atoms with van der Waals surface area (Å²) in [7, 11) is 0. The predicted octanol–water partition coefficient (Wildman–Crippen LogP) is 4.25. The number of nitrogens with zero attached hydrogens (tertiary/aromatic N) is 1. The minimum atomic E-state index is -0.777. The van der Waals surface area contributed by atoms with E-state index < -0.39 is 11.4 Å². The topological polar surface area (TPSA) is 102 Å². The number of amides is 3. The van der Waals surface area contributed by atoms with Gasteiger partial charge in [0.05, 0.1) is 5.69 Å². The lowest BCUT2D eigenvalue weighted by Crippen LogP contribution is -2.47. The lowest BCUT2D eigenvalue weighted by Gasteiger charge is -2.40. The van der Waals surface area contributed by atoms with Crippen molar-refractivity contribution in [2.24, 2.45) is 11.1 Å². The second-order valence-corrected chi connectivity index (χ2v) is 8.21. The van der Waals surface area contributed by atoms with E-state index in [1.807, 2.05) is 6.92 Å². The number of anilines is 1. The van der Waals surface area contributed by atoms with Gasteiger partial charge in [0.2, 0.25) is 0 Å². The number of benzene rings is 2. The fraction of sp³-hybridized carbons (Fsp3) is 0.348. The molecule has 0 radical (unpaired) electrons.